The summed E-state index contributed by atoms with van der Waals surface area (Å²) in [6, 6.07) is 11.4. The minimum Gasteiger partial charge on any atom is -0.497 e. The first-order valence-electron chi connectivity index (χ1n) is 12.9. The second kappa shape index (κ2) is 15.0. The Hall–Kier alpha value is -3.65. The van der Waals surface area contributed by atoms with Crippen LogP contribution < -0.4 is 14.8 Å². The van der Waals surface area contributed by atoms with Gasteiger partial charge in [0, 0.05) is 30.7 Å². The highest BCUT2D eigenvalue weighted by atomic mass is 35.5. The van der Waals surface area contributed by atoms with E-state index in [4.69, 9.17) is 40.9 Å². The van der Waals surface area contributed by atoms with Crippen LogP contribution in [0.4, 0.5) is 13.2 Å². The molecule has 3 aromatic rings. The van der Waals surface area contributed by atoms with Gasteiger partial charge in [-0.15, -0.1) is 0 Å². The number of nitrogens with one attached hydrogen (secondary N) is 1. The lowest BCUT2D eigenvalue weighted by molar-refractivity contribution is -0.159. The molecule has 228 valence electrons. The normalized spacial score (nSPS) is 15.0. The van der Waals surface area contributed by atoms with Crippen molar-refractivity contribution in [2.24, 2.45) is 0 Å². The highest BCUT2D eigenvalue weighted by Crippen LogP contribution is 2.39. The van der Waals surface area contributed by atoms with Crippen LogP contribution in [0.1, 0.15) is 30.1 Å². The number of hydrogen-bond acceptors (Lipinski definition) is 8. The number of ether oxygens (including phenoxy) is 2. The Labute approximate surface area is 244 Å². The van der Waals surface area contributed by atoms with E-state index in [-0.39, 0.29) is 18.4 Å². The smallest absolute Gasteiger partial charge is 0.417 e. The monoisotopic (exact) mass is 613 g/mol. The van der Waals surface area contributed by atoms with Gasteiger partial charge in [0.2, 0.25) is 0 Å². The summed E-state index contributed by atoms with van der Waals surface area (Å²) in [4.78, 5) is 24.8. The van der Waals surface area contributed by atoms with Crippen LogP contribution in [0, 0.1) is 0 Å². The number of likely N-dealkylation sites (tertiary alicyclic amines) is 1. The van der Waals surface area contributed by atoms with Crippen molar-refractivity contribution < 1.29 is 47.6 Å². The second-order valence-electron chi connectivity index (χ2n) is 9.40. The molecule has 0 unspecified atom stereocenters. The van der Waals surface area contributed by atoms with E-state index in [1.54, 1.807) is 13.3 Å². The van der Waals surface area contributed by atoms with Crippen molar-refractivity contribution >= 4 is 34.4 Å². The largest absolute Gasteiger partial charge is 0.497 e. The Morgan fingerprint density at radius 2 is 1.83 bits per heavy atom. The predicted molar refractivity (Wildman–Crippen MR) is 148 cm³/mol. The number of β-amino-alcohol motifs (C(OH)–C–C–N with tert-alkyl or cyclic N) is 1. The van der Waals surface area contributed by atoms with Crippen molar-refractivity contribution in [3.63, 3.8) is 0 Å². The van der Waals surface area contributed by atoms with Crippen LogP contribution in [-0.4, -0.2) is 83.1 Å². The molecule has 4 rings (SSSR count). The van der Waals surface area contributed by atoms with Gasteiger partial charge in [0.1, 0.15) is 18.1 Å². The zero-order valence-corrected chi connectivity index (χ0v) is 23.4. The summed E-state index contributed by atoms with van der Waals surface area (Å²) in [6.07, 6.45) is -1.69. The maximum atomic E-state index is 13.0. The first kappa shape index (κ1) is 32.9. The molecule has 1 atom stereocenters. The molecule has 1 aliphatic rings. The van der Waals surface area contributed by atoms with Gasteiger partial charge in [0.25, 0.3) is 0 Å². The maximum absolute atomic E-state index is 13.0. The van der Waals surface area contributed by atoms with Gasteiger partial charge in [-0.3, -0.25) is 4.98 Å². The van der Waals surface area contributed by atoms with Gasteiger partial charge in [-0.25, -0.2) is 9.59 Å². The van der Waals surface area contributed by atoms with Crippen molar-refractivity contribution in [2.75, 3.05) is 39.9 Å². The molecule has 2 aromatic carbocycles. The average Bonchev–Trinajstić information content (AvgIpc) is 2.95. The van der Waals surface area contributed by atoms with E-state index < -0.39 is 34.8 Å². The zero-order valence-electron chi connectivity index (χ0n) is 22.6. The van der Waals surface area contributed by atoms with E-state index in [1.807, 2.05) is 24.3 Å². The lowest BCUT2D eigenvalue weighted by Gasteiger charge is -2.33. The summed E-state index contributed by atoms with van der Waals surface area (Å²) in [5, 5.41) is 29.6. The molecule has 1 aromatic heterocycles. The minimum atomic E-state index is -4.52. The number of carbonyl (C=O) groups is 2. The minimum absolute atomic E-state index is 0.0263. The van der Waals surface area contributed by atoms with Crippen LogP contribution in [0.5, 0.6) is 11.5 Å². The number of halogens is 4. The fraction of sp³-hybridized carbons (Fsp3) is 0.393. The van der Waals surface area contributed by atoms with Crippen LogP contribution in [-0.2, 0) is 15.8 Å². The first-order valence-corrected chi connectivity index (χ1v) is 13.3. The predicted octanol–water partition coefficient (Wildman–Crippen LogP) is 4.24. The van der Waals surface area contributed by atoms with Crippen LogP contribution in [0.25, 0.3) is 10.9 Å². The molecule has 4 N–H and O–H groups in total. The number of carboxylic acids is 2. The SMILES string of the molecule is COc1ccc2nccc([C@@H](O)CN3CCC(NCCOc4cccc(C(F)(F)F)c4Cl)CC3)c2c1.O=C(O)C(=O)O. The molecule has 0 radical (unpaired) electrons. The maximum Gasteiger partial charge on any atom is 0.417 e. The van der Waals surface area contributed by atoms with Crippen molar-refractivity contribution in [3.8, 4) is 11.5 Å². The third-order valence-electron chi connectivity index (χ3n) is 6.60. The Balaban J connectivity index is 0.000000730. The van der Waals surface area contributed by atoms with Crippen molar-refractivity contribution in [3.05, 3.63) is 64.8 Å². The Kier molecular flexibility index (Phi) is 11.7. The number of hydrogen-bond donors (Lipinski definition) is 4. The van der Waals surface area contributed by atoms with E-state index in [9.17, 15) is 18.3 Å². The van der Waals surface area contributed by atoms with E-state index in [1.165, 1.54) is 12.1 Å². The van der Waals surface area contributed by atoms with Crippen LogP contribution in [0.3, 0.4) is 0 Å². The molecule has 0 amide bonds. The van der Waals surface area contributed by atoms with Gasteiger partial charge in [0.05, 0.1) is 29.3 Å². The third kappa shape index (κ3) is 9.18. The zero-order chi connectivity index (χ0) is 30.9. The summed E-state index contributed by atoms with van der Waals surface area (Å²) in [7, 11) is 1.61. The molecule has 1 saturated heterocycles. The molecule has 0 bridgehead atoms. The van der Waals surface area contributed by atoms with Crippen molar-refractivity contribution in [1.82, 2.24) is 15.2 Å². The van der Waals surface area contributed by atoms with E-state index in [0.29, 0.717) is 13.1 Å². The quantitative estimate of drug-likeness (QED) is 0.205. The number of fused-ring (bicyclic) bond motifs is 1. The number of pyridine rings is 1. The Morgan fingerprint density at radius 1 is 1.14 bits per heavy atom. The molecule has 42 heavy (non-hydrogen) atoms. The molecule has 0 aliphatic carbocycles. The van der Waals surface area contributed by atoms with Crippen LogP contribution in [0.15, 0.2) is 48.7 Å². The van der Waals surface area contributed by atoms with Crippen molar-refractivity contribution in [1.29, 1.82) is 0 Å². The van der Waals surface area contributed by atoms with Crippen LogP contribution in [0.2, 0.25) is 5.02 Å². The number of rotatable bonds is 9. The summed E-state index contributed by atoms with van der Waals surface area (Å²) >= 11 is 5.87. The van der Waals surface area contributed by atoms with Gasteiger partial charge < -0.3 is 35.0 Å². The highest BCUT2D eigenvalue weighted by molar-refractivity contribution is 6.32. The van der Waals surface area contributed by atoms with E-state index in [2.05, 4.69) is 15.2 Å². The summed E-state index contributed by atoms with van der Waals surface area (Å²) in [5.41, 5.74) is 0.733. The number of aliphatic hydroxyl groups is 1. The molecule has 10 nitrogen and oxygen atoms in total. The number of piperidine rings is 1. The average molecular weight is 614 g/mol. The number of aromatic nitrogens is 1. The lowest BCUT2D eigenvalue weighted by atomic mass is 10.0. The van der Waals surface area contributed by atoms with Gasteiger partial charge >= 0.3 is 18.1 Å². The summed E-state index contributed by atoms with van der Waals surface area (Å²) < 4.78 is 49.8. The van der Waals surface area contributed by atoms with Gasteiger partial charge in [-0.1, -0.05) is 17.7 Å². The molecule has 14 heteroatoms. The second-order valence-corrected chi connectivity index (χ2v) is 9.78. The Morgan fingerprint density at radius 3 is 2.45 bits per heavy atom. The third-order valence-corrected chi connectivity index (χ3v) is 6.99. The molecule has 1 fully saturated rings. The molecular formula is C28H31ClF3N3O7. The number of alkyl halides is 3. The number of benzene rings is 2. The van der Waals surface area contributed by atoms with Crippen molar-refractivity contribution in [2.45, 2.75) is 31.2 Å². The topological polar surface area (TPSA) is 141 Å². The first-order chi connectivity index (χ1) is 19.9. The molecule has 0 saturated carbocycles. The summed E-state index contributed by atoms with van der Waals surface area (Å²) in [5.74, 6) is -2.90. The van der Waals surface area contributed by atoms with Gasteiger partial charge in [-0.2, -0.15) is 13.2 Å². The number of methoxy groups -OCH3 is 1. The number of carboxylic acid groups (broad SMARTS) is 2. The van der Waals surface area contributed by atoms with E-state index >= 15 is 0 Å². The number of aliphatic hydroxyl groups excluding tert-OH is 1. The molecule has 2 heterocycles. The highest BCUT2D eigenvalue weighted by Gasteiger charge is 2.34. The fourth-order valence-corrected chi connectivity index (χ4v) is 4.78. The standard InChI is InChI=1S/C26H29ClF3N3O3.C2H2O4/c1-35-18-5-6-22-20(15-18)19(7-10-32-22)23(34)16-33-12-8-17(9-13-33)31-11-14-36-24-4-2-3-21(25(24)27)26(28,29)30;3-1(4)2(5)6/h2-7,10,15,17,23,31,34H,8-9,11-14,16H2,1H3;(H,3,4)(H,5,6)/t23-;/m0./s1. The van der Waals surface area contributed by atoms with Gasteiger partial charge in [0.15, 0.2) is 0 Å². The van der Waals surface area contributed by atoms with E-state index in [0.717, 1.165) is 54.2 Å². The number of aliphatic carboxylic acids is 2. The lowest BCUT2D eigenvalue weighted by Crippen LogP contribution is -2.44. The fourth-order valence-electron chi connectivity index (χ4n) is 4.49. The van der Waals surface area contributed by atoms with Crippen LogP contribution >= 0.6 is 11.6 Å². The molecule has 0 spiro atoms. The number of nitrogens with zero attached hydrogens (tertiary/aromatic N) is 2. The molecule has 1 aliphatic heterocycles. The van der Waals surface area contributed by atoms with Gasteiger partial charge in [-0.05, 0) is 67.9 Å². The molecular weight excluding hydrogens is 583 g/mol. The summed E-state index contributed by atoms with van der Waals surface area (Å²) in [6.45, 7) is 2.85. The Bertz CT molecular complexity index is 1360.